The quantitative estimate of drug-likeness (QED) is 0.687. The van der Waals surface area contributed by atoms with E-state index >= 15 is 0 Å². The van der Waals surface area contributed by atoms with Crippen LogP contribution < -0.4 is 15.0 Å². The largest absolute Gasteiger partial charge is 0.492 e. The maximum Gasteiger partial charge on any atom is 0.246 e. The summed E-state index contributed by atoms with van der Waals surface area (Å²) < 4.78 is 33.5. The van der Waals surface area contributed by atoms with Crippen LogP contribution in [0, 0.1) is 0 Å². The van der Waals surface area contributed by atoms with Gasteiger partial charge in [-0.1, -0.05) is 18.2 Å². The molecule has 1 fully saturated rings. The Morgan fingerprint density at radius 1 is 1.16 bits per heavy atom. The lowest BCUT2D eigenvalue weighted by molar-refractivity contribution is -0.117. The van der Waals surface area contributed by atoms with Gasteiger partial charge in [0.2, 0.25) is 15.9 Å². The van der Waals surface area contributed by atoms with Crippen molar-refractivity contribution in [1.29, 1.82) is 0 Å². The van der Waals surface area contributed by atoms with E-state index in [-0.39, 0.29) is 23.4 Å². The summed E-state index contributed by atoms with van der Waals surface area (Å²) in [4.78, 5) is 15.1. The van der Waals surface area contributed by atoms with Crippen LogP contribution in [0.1, 0.15) is 38.7 Å². The van der Waals surface area contributed by atoms with Gasteiger partial charge in [0.15, 0.2) is 0 Å². The Kier molecular flexibility index (Phi) is 6.71. The predicted molar refractivity (Wildman–Crippen MR) is 126 cm³/mol. The lowest BCUT2D eigenvalue weighted by atomic mass is 9.96. The standard InChI is InChI=1S/C24H31N3O4S/c1-3-31-22-13-12-20(16-23(22)32(29,30)26-14-6-7-15-26)25-17-24(28)27-18(2)10-11-19-8-4-5-9-21(19)27/h4-5,8-9,12-13,16,18,25H,3,6-7,10-11,14-15,17H2,1-2H3. The summed E-state index contributed by atoms with van der Waals surface area (Å²) in [5.74, 6) is 0.303. The molecule has 4 rings (SSSR count). The second kappa shape index (κ2) is 9.50. The Morgan fingerprint density at radius 3 is 2.66 bits per heavy atom. The van der Waals surface area contributed by atoms with E-state index in [1.54, 1.807) is 18.2 Å². The topological polar surface area (TPSA) is 79.0 Å². The van der Waals surface area contributed by atoms with Crippen LogP contribution in [0.3, 0.4) is 0 Å². The van der Waals surface area contributed by atoms with Crippen molar-refractivity contribution < 1.29 is 17.9 Å². The number of amides is 1. The molecule has 1 atom stereocenters. The smallest absolute Gasteiger partial charge is 0.246 e. The van der Waals surface area contributed by atoms with Gasteiger partial charge in [0.05, 0.1) is 13.2 Å². The van der Waals surface area contributed by atoms with Crippen LogP contribution in [0.4, 0.5) is 11.4 Å². The number of rotatable bonds is 7. The normalized spacial score (nSPS) is 18.9. The zero-order chi connectivity index (χ0) is 22.7. The molecule has 0 radical (unpaired) electrons. The molecule has 2 aromatic carbocycles. The zero-order valence-electron chi connectivity index (χ0n) is 18.7. The van der Waals surface area contributed by atoms with Gasteiger partial charge in [0, 0.05) is 30.5 Å². The maximum atomic E-state index is 13.2. The van der Waals surface area contributed by atoms with Crippen LogP contribution in [-0.2, 0) is 21.2 Å². The number of benzene rings is 2. The number of hydrogen-bond donors (Lipinski definition) is 1. The van der Waals surface area contributed by atoms with Crippen molar-refractivity contribution >= 4 is 27.3 Å². The summed E-state index contributed by atoms with van der Waals surface area (Å²) in [7, 11) is -3.65. The molecule has 172 valence electrons. The van der Waals surface area contributed by atoms with Crippen LogP contribution in [0.15, 0.2) is 47.4 Å². The number of para-hydroxylation sites is 1. The van der Waals surface area contributed by atoms with Crippen LogP contribution >= 0.6 is 0 Å². The summed E-state index contributed by atoms with van der Waals surface area (Å²) in [6, 6.07) is 13.1. The highest BCUT2D eigenvalue weighted by Crippen LogP contribution is 2.33. The molecular formula is C24H31N3O4S. The molecule has 0 aliphatic carbocycles. The molecule has 0 spiro atoms. The average molecular weight is 458 g/mol. The van der Waals surface area contributed by atoms with Gasteiger partial charge in [0.1, 0.15) is 10.6 Å². The lowest BCUT2D eigenvalue weighted by Crippen LogP contribution is -2.44. The molecule has 0 saturated carbocycles. The second-order valence-electron chi connectivity index (χ2n) is 8.34. The van der Waals surface area contributed by atoms with Crippen LogP contribution in [0.5, 0.6) is 5.75 Å². The highest BCUT2D eigenvalue weighted by molar-refractivity contribution is 7.89. The first kappa shape index (κ1) is 22.6. The maximum absolute atomic E-state index is 13.2. The Bertz CT molecular complexity index is 1080. The van der Waals surface area contributed by atoms with Crippen molar-refractivity contribution in [3.05, 3.63) is 48.0 Å². The number of aryl methyl sites for hydroxylation is 1. The SMILES string of the molecule is CCOc1ccc(NCC(=O)N2c3ccccc3CCC2C)cc1S(=O)(=O)N1CCCC1. The molecule has 1 amide bonds. The highest BCUT2D eigenvalue weighted by atomic mass is 32.2. The molecule has 2 aliphatic rings. The molecule has 1 unspecified atom stereocenters. The van der Waals surface area contributed by atoms with Crippen molar-refractivity contribution in [2.75, 3.05) is 36.5 Å². The van der Waals surface area contributed by atoms with Crippen LogP contribution in [0.2, 0.25) is 0 Å². The molecule has 0 bridgehead atoms. The van der Waals surface area contributed by atoms with Crippen molar-refractivity contribution in [3.63, 3.8) is 0 Å². The summed E-state index contributed by atoms with van der Waals surface area (Å²) >= 11 is 0. The Hall–Kier alpha value is -2.58. The number of sulfonamides is 1. The molecule has 0 aromatic heterocycles. The molecule has 7 nitrogen and oxygen atoms in total. The van der Waals surface area contributed by atoms with Gasteiger partial charge in [-0.2, -0.15) is 4.31 Å². The third-order valence-corrected chi connectivity index (χ3v) is 8.08. The number of carbonyl (C=O) groups is 1. The van der Waals surface area contributed by atoms with Gasteiger partial charge in [-0.25, -0.2) is 8.42 Å². The summed E-state index contributed by atoms with van der Waals surface area (Å²) in [5, 5.41) is 3.14. The van der Waals surface area contributed by atoms with E-state index in [0.717, 1.165) is 31.4 Å². The van der Waals surface area contributed by atoms with E-state index in [1.165, 1.54) is 9.87 Å². The van der Waals surface area contributed by atoms with E-state index in [2.05, 4.69) is 18.3 Å². The van der Waals surface area contributed by atoms with E-state index in [0.29, 0.717) is 31.1 Å². The number of nitrogens with one attached hydrogen (secondary N) is 1. The molecule has 1 saturated heterocycles. The molecule has 1 N–H and O–H groups in total. The predicted octanol–water partition coefficient (Wildman–Crippen LogP) is 3.65. The van der Waals surface area contributed by atoms with E-state index < -0.39 is 10.0 Å². The molecule has 8 heteroatoms. The first-order chi connectivity index (χ1) is 15.4. The van der Waals surface area contributed by atoms with Gasteiger partial charge in [-0.15, -0.1) is 0 Å². The van der Waals surface area contributed by atoms with Crippen molar-refractivity contribution in [2.24, 2.45) is 0 Å². The van der Waals surface area contributed by atoms with Gasteiger partial charge in [0.25, 0.3) is 0 Å². The highest BCUT2D eigenvalue weighted by Gasteiger charge is 2.31. The minimum Gasteiger partial charge on any atom is -0.492 e. The van der Waals surface area contributed by atoms with Gasteiger partial charge >= 0.3 is 0 Å². The summed E-state index contributed by atoms with van der Waals surface area (Å²) in [6.07, 6.45) is 3.62. The molecule has 32 heavy (non-hydrogen) atoms. The van der Waals surface area contributed by atoms with Crippen LogP contribution in [0.25, 0.3) is 0 Å². The van der Waals surface area contributed by atoms with Gasteiger partial charge in [-0.05, 0) is 69.4 Å². The fraction of sp³-hybridized carbons (Fsp3) is 0.458. The van der Waals surface area contributed by atoms with Crippen LogP contribution in [-0.4, -0.2) is 50.9 Å². The molecular weight excluding hydrogens is 426 g/mol. The minimum atomic E-state index is -3.65. The van der Waals surface area contributed by atoms with E-state index in [1.807, 2.05) is 30.0 Å². The lowest BCUT2D eigenvalue weighted by Gasteiger charge is -2.35. The van der Waals surface area contributed by atoms with Gasteiger partial charge in [-0.3, -0.25) is 4.79 Å². The minimum absolute atomic E-state index is 0.0394. The number of anilines is 2. The number of ether oxygens (including phenoxy) is 1. The van der Waals surface area contributed by atoms with Gasteiger partial charge < -0.3 is 15.0 Å². The molecule has 2 aromatic rings. The second-order valence-corrected chi connectivity index (χ2v) is 10.2. The summed E-state index contributed by atoms with van der Waals surface area (Å²) in [5.41, 5.74) is 2.72. The van der Waals surface area contributed by atoms with Crippen molar-refractivity contribution in [3.8, 4) is 5.75 Å². The van der Waals surface area contributed by atoms with Crippen molar-refractivity contribution in [1.82, 2.24) is 4.31 Å². The third-order valence-electron chi connectivity index (χ3n) is 6.16. The Balaban J connectivity index is 1.54. The fourth-order valence-electron chi connectivity index (χ4n) is 4.49. The van der Waals surface area contributed by atoms with Crippen molar-refractivity contribution in [2.45, 2.75) is 50.5 Å². The summed E-state index contributed by atoms with van der Waals surface area (Å²) in [6.45, 7) is 5.39. The molecule has 2 heterocycles. The first-order valence-electron chi connectivity index (χ1n) is 11.3. The number of fused-ring (bicyclic) bond motifs is 1. The average Bonchev–Trinajstić information content (AvgIpc) is 3.34. The Labute approximate surface area is 190 Å². The molecule has 2 aliphatic heterocycles. The fourth-order valence-corrected chi connectivity index (χ4v) is 6.17. The van der Waals surface area contributed by atoms with E-state index in [4.69, 9.17) is 4.74 Å². The van der Waals surface area contributed by atoms with E-state index in [9.17, 15) is 13.2 Å². The number of nitrogens with zero attached hydrogens (tertiary/aromatic N) is 2. The zero-order valence-corrected chi connectivity index (χ0v) is 19.5. The Morgan fingerprint density at radius 2 is 1.91 bits per heavy atom. The monoisotopic (exact) mass is 457 g/mol. The first-order valence-corrected chi connectivity index (χ1v) is 12.8. The third kappa shape index (κ3) is 4.47. The number of carbonyl (C=O) groups excluding carboxylic acids is 1. The number of hydrogen-bond acceptors (Lipinski definition) is 5.